The Balaban J connectivity index is 0.912. The van der Waals surface area contributed by atoms with E-state index in [-0.39, 0.29) is 45.4 Å². The van der Waals surface area contributed by atoms with Gasteiger partial charge in [-0.2, -0.15) is 12.6 Å². The largest absolute Gasteiger partial charge is 0.493 e. The van der Waals surface area contributed by atoms with E-state index in [1.807, 2.05) is 72.3 Å². The third-order valence-corrected chi connectivity index (χ3v) is 12.2. The van der Waals surface area contributed by atoms with Crippen LogP contribution in [0, 0.1) is 10.8 Å². The lowest BCUT2D eigenvalue weighted by Crippen LogP contribution is -2.39. The molecule has 4 aliphatic heterocycles. The van der Waals surface area contributed by atoms with Crippen molar-refractivity contribution in [3.8, 4) is 23.0 Å². The standard InChI is InChI=1S/C49H57N5O7S/c1-47(2,27-60-42-22-36-34(20-40(42)58-7)45(56)53-32(24-50-36)18-29-11-9-10-12-38(29)53)26-48(3,4)28-61-43-23-37-35(21-41(43)59-8)46(57)54-33(25-51-37)19-30-17-31(13-14-39(30)54)52-44(55)15-16-49(5,6)62/h9-14,17,20-24,32-33,51,62H,15-16,18-19,25-28H2,1-8H3,(H,52,55)/t32-,33-/m0/s1. The fraction of sp³-hybridized carbons (Fsp3) is 0.429. The van der Waals surface area contributed by atoms with Crippen molar-refractivity contribution >= 4 is 65.0 Å². The molecule has 0 aliphatic carbocycles. The molecular weight excluding hydrogens is 803 g/mol. The third kappa shape index (κ3) is 8.82. The van der Waals surface area contributed by atoms with E-state index in [0.717, 1.165) is 41.0 Å². The van der Waals surface area contributed by atoms with Crippen molar-refractivity contribution in [3.05, 3.63) is 89.0 Å². The first kappa shape index (κ1) is 43.0. The van der Waals surface area contributed by atoms with Gasteiger partial charge in [0.2, 0.25) is 5.91 Å². The van der Waals surface area contributed by atoms with Gasteiger partial charge in [-0.05, 0) is 77.6 Å². The number of rotatable bonds is 14. The number of carbonyl (C=O) groups is 3. The average molecular weight is 860 g/mol. The molecule has 3 amide bonds. The Bertz CT molecular complexity index is 2460. The Hall–Kier alpha value is -5.69. The molecule has 8 rings (SSSR count). The number of fused-ring (bicyclic) bond motifs is 8. The number of carbonyl (C=O) groups excluding carboxylic acids is 3. The number of nitrogens with one attached hydrogen (secondary N) is 2. The lowest BCUT2D eigenvalue weighted by Gasteiger charge is -2.35. The number of ether oxygens (including phenoxy) is 4. The fourth-order valence-electron chi connectivity index (χ4n) is 9.33. The lowest BCUT2D eigenvalue weighted by atomic mass is 9.76. The van der Waals surface area contributed by atoms with Crippen LogP contribution in [0.3, 0.4) is 0 Å². The van der Waals surface area contributed by atoms with Crippen molar-refractivity contribution in [2.75, 3.05) is 54.4 Å². The van der Waals surface area contributed by atoms with Crippen LogP contribution >= 0.6 is 12.6 Å². The van der Waals surface area contributed by atoms with Crippen molar-refractivity contribution in [3.63, 3.8) is 0 Å². The summed E-state index contributed by atoms with van der Waals surface area (Å²) in [6, 6.07) is 20.7. The lowest BCUT2D eigenvalue weighted by molar-refractivity contribution is -0.116. The van der Waals surface area contributed by atoms with E-state index < -0.39 is 0 Å². The Morgan fingerprint density at radius 2 is 1.44 bits per heavy atom. The van der Waals surface area contributed by atoms with Gasteiger partial charge in [-0.3, -0.25) is 24.3 Å². The quantitative estimate of drug-likeness (QED) is 0.107. The molecule has 0 radical (unpaired) electrons. The summed E-state index contributed by atoms with van der Waals surface area (Å²) in [5, 5.41) is 6.53. The number of amides is 3. The fourth-order valence-corrected chi connectivity index (χ4v) is 9.44. The van der Waals surface area contributed by atoms with Gasteiger partial charge in [0.1, 0.15) is 0 Å². The van der Waals surface area contributed by atoms with Crippen LogP contribution in [-0.4, -0.2) is 74.7 Å². The summed E-state index contributed by atoms with van der Waals surface area (Å²) in [5.41, 5.74) is 6.26. The second kappa shape index (κ2) is 16.5. The summed E-state index contributed by atoms with van der Waals surface area (Å²) in [7, 11) is 3.16. The van der Waals surface area contributed by atoms with E-state index in [1.54, 1.807) is 32.4 Å². The van der Waals surface area contributed by atoms with Crippen LogP contribution in [-0.2, 0) is 17.6 Å². The monoisotopic (exact) mass is 859 g/mol. The van der Waals surface area contributed by atoms with Crippen LogP contribution in [0.2, 0.25) is 0 Å². The molecule has 4 aromatic carbocycles. The summed E-state index contributed by atoms with van der Waals surface area (Å²) < 4.78 is 24.3. The minimum Gasteiger partial charge on any atom is -0.493 e. The molecule has 13 heteroatoms. The summed E-state index contributed by atoms with van der Waals surface area (Å²) in [6.07, 6.45) is 5.03. The molecule has 0 unspecified atom stereocenters. The van der Waals surface area contributed by atoms with Crippen molar-refractivity contribution < 1.29 is 33.3 Å². The smallest absolute Gasteiger partial charge is 0.261 e. The molecule has 62 heavy (non-hydrogen) atoms. The summed E-state index contributed by atoms with van der Waals surface area (Å²) >= 11 is 4.54. The van der Waals surface area contributed by atoms with E-state index in [4.69, 9.17) is 23.9 Å². The molecule has 0 saturated heterocycles. The van der Waals surface area contributed by atoms with E-state index in [2.05, 4.69) is 57.0 Å². The highest BCUT2D eigenvalue weighted by Crippen LogP contribution is 2.44. The van der Waals surface area contributed by atoms with Crippen molar-refractivity contribution in [2.24, 2.45) is 15.8 Å². The van der Waals surface area contributed by atoms with Gasteiger partial charge in [-0.15, -0.1) is 0 Å². The zero-order chi connectivity index (χ0) is 44.1. The van der Waals surface area contributed by atoms with Gasteiger partial charge in [-0.1, -0.05) is 59.7 Å². The molecule has 0 saturated carbocycles. The summed E-state index contributed by atoms with van der Waals surface area (Å²) in [5.74, 6) is 1.73. The average Bonchev–Trinajstić information content (AvgIpc) is 3.71. The van der Waals surface area contributed by atoms with E-state index in [0.29, 0.717) is 84.5 Å². The molecule has 0 spiro atoms. The Morgan fingerprint density at radius 1 is 0.790 bits per heavy atom. The maximum absolute atomic E-state index is 14.2. The number of methoxy groups -OCH3 is 2. The van der Waals surface area contributed by atoms with Gasteiger partial charge < -0.3 is 34.5 Å². The molecule has 0 bridgehead atoms. The molecule has 2 atom stereocenters. The molecule has 0 aromatic heterocycles. The molecule has 4 aliphatic rings. The SMILES string of the molecule is COc1cc2c(cc1OCC(C)(C)CC(C)(C)COc1cc3c(cc1OC)C(=O)N1c4ccc(NC(=O)CCC(C)(C)S)cc4C[C@H]1CN3)N=C[C@@H]1Cc3ccccc3N1C2=O. The zero-order valence-corrected chi connectivity index (χ0v) is 37.8. The molecule has 326 valence electrons. The number of nitrogens with zero attached hydrogens (tertiary/aromatic N) is 3. The minimum absolute atomic E-state index is 0.0566. The topological polar surface area (TPSA) is 131 Å². The number of para-hydroxylation sites is 1. The number of thiol groups is 1. The number of anilines is 4. The Kier molecular flexibility index (Phi) is 11.5. The van der Waals surface area contributed by atoms with Gasteiger partial charge in [0.25, 0.3) is 11.8 Å². The van der Waals surface area contributed by atoms with Crippen LogP contribution in [0.5, 0.6) is 23.0 Å². The second-order valence-corrected chi connectivity index (χ2v) is 20.3. The first-order valence-electron chi connectivity index (χ1n) is 21.3. The highest BCUT2D eigenvalue weighted by atomic mass is 32.1. The number of aliphatic imine (C=N–C) groups is 1. The first-order chi connectivity index (χ1) is 29.4. The summed E-state index contributed by atoms with van der Waals surface area (Å²) in [4.78, 5) is 49.2. The molecule has 4 aromatic rings. The Morgan fingerprint density at radius 3 is 2.13 bits per heavy atom. The number of benzene rings is 4. The van der Waals surface area contributed by atoms with Crippen LogP contribution in [0.15, 0.2) is 71.7 Å². The molecule has 2 N–H and O–H groups in total. The molecule has 0 fully saturated rings. The predicted octanol–water partition coefficient (Wildman–Crippen LogP) is 9.32. The van der Waals surface area contributed by atoms with E-state index in [9.17, 15) is 14.4 Å². The van der Waals surface area contributed by atoms with Crippen molar-refractivity contribution in [2.45, 2.75) is 90.5 Å². The van der Waals surface area contributed by atoms with Gasteiger partial charge in [0, 0.05) is 59.5 Å². The first-order valence-corrected chi connectivity index (χ1v) is 21.8. The van der Waals surface area contributed by atoms with Crippen LogP contribution in [0.4, 0.5) is 28.4 Å². The normalized spacial score (nSPS) is 17.7. The molecular formula is C49H57N5O7S. The maximum atomic E-state index is 14.2. The number of hydrogen-bond acceptors (Lipinski definition) is 10. The maximum Gasteiger partial charge on any atom is 0.261 e. The second-order valence-electron chi connectivity index (χ2n) is 19.1. The van der Waals surface area contributed by atoms with Crippen molar-refractivity contribution in [1.29, 1.82) is 0 Å². The van der Waals surface area contributed by atoms with E-state index in [1.165, 1.54) is 0 Å². The minimum atomic E-state index is -0.293. The van der Waals surface area contributed by atoms with Crippen molar-refractivity contribution in [1.82, 2.24) is 0 Å². The van der Waals surface area contributed by atoms with E-state index >= 15 is 0 Å². The van der Waals surface area contributed by atoms with Gasteiger partial charge in [0.05, 0.1) is 62.0 Å². The summed E-state index contributed by atoms with van der Waals surface area (Å²) in [6.45, 7) is 13.9. The zero-order valence-electron chi connectivity index (χ0n) is 36.9. The highest BCUT2D eigenvalue weighted by molar-refractivity contribution is 7.81. The molecule has 12 nitrogen and oxygen atoms in total. The van der Waals surface area contributed by atoms with Crippen LogP contribution in [0.25, 0.3) is 0 Å². The molecule has 4 heterocycles. The Labute approximate surface area is 369 Å². The third-order valence-electron chi connectivity index (χ3n) is 12.0. The highest BCUT2D eigenvalue weighted by Gasteiger charge is 2.40. The van der Waals surface area contributed by atoms with Gasteiger partial charge in [-0.25, -0.2) is 0 Å². The van der Waals surface area contributed by atoms with Crippen LogP contribution in [0.1, 0.15) is 92.6 Å². The number of hydrogen-bond donors (Lipinski definition) is 3. The predicted molar refractivity (Wildman–Crippen MR) is 248 cm³/mol. The van der Waals surface area contributed by atoms with Crippen LogP contribution < -0.4 is 39.4 Å². The van der Waals surface area contributed by atoms with Gasteiger partial charge in [0.15, 0.2) is 23.0 Å². The van der Waals surface area contributed by atoms with Gasteiger partial charge >= 0.3 is 0 Å².